The molecule has 0 bridgehead atoms. The predicted octanol–water partition coefficient (Wildman–Crippen LogP) is 7.72. The van der Waals surface area contributed by atoms with Crippen LogP contribution in [0.1, 0.15) is 77.3 Å². The molecule has 2 nitrogen and oxygen atoms in total. The Bertz CT molecular complexity index is 826. The SMILES string of the molecule is C.CC1=C(c2ccc(N)cc2)CCCC1.CC1CCCC=C1c1ccc(N)cc1. The summed E-state index contributed by atoms with van der Waals surface area (Å²) in [5.74, 6) is 0.701. The molecule has 0 heterocycles. The Hall–Kier alpha value is -2.48. The van der Waals surface area contributed by atoms with Crippen LogP contribution >= 0.6 is 0 Å². The quantitative estimate of drug-likeness (QED) is 0.515. The molecular weight excluding hydrogens is 352 g/mol. The van der Waals surface area contributed by atoms with Crippen molar-refractivity contribution >= 4 is 22.5 Å². The van der Waals surface area contributed by atoms with E-state index in [1.165, 1.54) is 67.2 Å². The Balaban J connectivity index is 0.000000200. The molecule has 0 saturated heterocycles. The van der Waals surface area contributed by atoms with E-state index in [9.17, 15) is 0 Å². The average Bonchev–Trinajstić information content (AvgIpc) is 2.71. The van der Waals surface area contributed by atoms with E-state index in [0.717, 1.165) is 11.4 Å². The van der Waals surface area contributed by atoms with Crippen LogP contribution in [-0.2, 0) is 0 Å². The van der Waals surface area contributed by atoms with Crippen molar-refractivity contribution in [3.63, 3.8) is 0 Å². The maximum absolute atomic E-state index is 5.67. The number of allylic oxidation sites excluding steroid dienone is 4. The zero-order valence-electron chi connectivity index (χ0n) is 17.4. The molecule has 0 spiro atoms. The lowest BCUT2D eigenvalue weighted by atomic mass is 9.85. The first-order chi connectivity index (χ1) is 13.5. The van der Waals surface area contributed by atoms with Crippen LogP contribution in [0.2, 0.25) is 0 Å². The van der Waals surface area contributed by atoms with Crippen LogP contribution in [-0.4, -0.2) is 0 Å². The number of anilines is 2. The van der Waals surface area contributed by atoms with Crippen molar-refractivity contribution in [2.45, 2.75) is 66.2 Å². The highest BCUT2D eigenvalue weighted by molar-refractivity contribution is 5.70. The summed E-state index contributed by atoms with van der Waals surface area (Å²) in [4.78, 5) is 0. The Morgan fingerprint density at radius 1 is 0.759 bits per heavy atom. The summed E-state index contributed by atoms with van der Waals surface area (Å²) in [6.45, 7) is 4.56. The van der Waals surface area contributed by atoms with Crippen molar-refractivity contribution in [2.75, 3.05) is 11.5 Å². The average molecular weight is 391 g/mol. The van der Waals surface area contributed by atoms with E-state index in [-0.39, 0.29) is 7.43 Å². The second-order valence-corrected chi connectivity index (χ2v) is 8.20. The Labute approximate surface area is 177 Å². The normalized spacial score (nSPS) is 18.8. The second-order valence-electron chi connectivity index (χ2n) is 8.20. The summed E-state index contributed by atoms with van der Waals surface area (Å²) in [7, 11) is 0. The summed E-state index contributed by atoms with van der Waals surface area (Å²) in [6.07, 6.45) is 11.4. The molecule has 2 aromatic rings. The number of hydrogen-bond acceptors (Lipinski definition) is 2. The lowest BCUT2D eigenvalue weighted by molar-refractivity contribution is 0.601. The van der Waals surface area contributed by atoms with Gasteiger partial charge in [0.25, 0.3) is 0 Å². The van der Waals surface area contributed by atoms with E-state index < -0.39 is 0 Å². The van der Waals surface area contributed by atoms with E-state index in [1.54, 1.807) is 5.57 Å². The first-order valence-electron chi connectivity index (χ1n) is 10.6. The van der Waals surface area contributed by atoms with E-state index in [0.29, 0.717) is 5.92 Å². The maximum Gasteiger partial charge on any atom is 0.0314 e. The summed E-state index contributed by atoms with van der Waals surface area (Å²) in [5.41, 5.74) is 20.3. The largest absolute Gasteiger partial charge is 0.399 e. The topological polar surface area (TPSA) is 52.0 Å². The lowest BCUT2D eigenvalue weighted by Gasteiger charge is -2.20. The molecular formula is C27H38N2. The monoisotopic (exact) mass is 390 g/mol. The molecule has 0 aromatic heterocycles. The second kappa shape index (κ2) is 10.9. The molecule has 4 N–H and O–H groups in total. The van der Waals surface area contributed by atoms with Gasteiger partial charge in [0.1, 0.15) is 0 Å². The van der Waals surface area contributed by atoms with E-state index >= 15 is 0 Å². The molecule has 4 rings (SSSR count). The van der Waals surface area contributed by atoms with Gasteiger partial charge in [0.2, 0.25) is 0 Å². The highest BCUT2D eigenvalue weighted by Crippen LogP contribution is 2.33. The number of nitrogen functional groups attached to an aromatic ring is 2. The molecule has 0 fully saturated rings. The van der Waals surface area contributed by atoms with Gasteiger partial charge in [-0.3, -0.25) is 0 Å². The van der Waals surface area contributed by atoms with Gasteiger partial charge in [-0.15, -0.1) is 0 Å². The summed E-state index contributed by atoms with van der Waals surface area (Å²) in [6, 6.07) is 16.5. The fourth-order valence-electron chi connectivity index (χ4n) is 4.25. The van der Waals surface area contributed by atoms with Crippen LogP contribution < -0.4 is 11.5 Å². The Morgan fingerprint density at radius 2 is 1.31 bits per heavy atom. The molecule has 1 atom stereocenters. The minimum Gasteiger partial charge on any atom is -0.399 e. The first-order valence-corrected chi connectivity index (χ1v) is 10.6. The summed E-state index contributed by atoms with van der Waals surface area (Å²) >= 11 is 0. The van der Waals surface area contributed by atoms with E-state index in [1.807, 2.05) is 24.3 Å². The van der Waals surface area contributed by atoms with Gasteiger partial charge in [-0.1, -0.05) is 50.3 Å². The molecule has 2 heteroatoms. The van der Waals surface area contributed by atoms with Crippen LogP contribution in [0, 0.1) is 5.92 Å². The van der Waals surface area contributed by atoms with Gasteiger partial charge in [0.05, 0.1) is 0 Å². The first kappa shape index (κ1) is 22.8. The van der Waals surface area contributed by atoms with Crippen LogP contribution in [0.15, 0.2) is 60.2 Å². The smallest absolute Gasteiger partial charge is 0.0314 e. The lowest BCUT2D eigenvalue weighted by Crippen LogP contribution is -2.03. The van der Waals surface area contributed by atoms with E-state index in [4.69, 9.17) is 11.5 Å². The molecule has 2 aliphatic carbocycles. The van der Waals surface area contributed by atoms with Gasteiger partial charge in [-0.2, -0.15) is 0 Å². The van der Waals surface area contributed by atoms with Gasteiger partial charge in [0, 0.05) is 11.4 Å². The minimum absolute atomic E-state index is 0. The third kappa shape index (κ3) is 6.25. The van der Waals surface area contributed by atoms with Gasteiger partial charge in [-0.05, 0) is 104 Å². The summed E-state index contributed by atoms with van der Waals surface area (Å²) in [5, 5.41) is 0. The minimum atomic E-state index is 0. The van der Waals surface area contributed by atoms with Crippen LogP contribution in [0.25, 0.3) is 11.1 Å². The third-order valence-electron chi connectivity index (χ3n) is 5.98. The Morgan fingerprint density at radius 3 is 1.86 bits per heavy atom. The number of nitrogens with two attached hydrogens (primary N) is 2. The number of hydrogen-bond donors (Lipinski definition) is 2. The zero-order chi connectivity index (χ0) is 19.9. The van der Waals surface area contributed by atoms with Crippen LogP contribution in [0.3, 0.4) is 0 Å². The number of benzene rings is 2. The Kier molecular flexibility index (Phi) is 8.57. The van der Waals surface area contributed by atoms with Crippen LogP contribution in [0.4, 0.5) is 11.4 Å². The highest BCUT2D eigenvalue weighted by atomic mass is 14.5. The molecule has 0 aliphatic heterocycles. The summed E-state index contributed by atoms with van der Waals surface area (Å²) < 4.78 is 0. The van der Waals surface area contributed by atoms with Gasteiger partial charge >= 0.3 is 0 Å². The molecule has 0 radical (unpaired) electrons. The maximum atomic E-state index is 5.67. The highest BCUT2D eigenvalue weighted by Gasteiger charge is 2.14. The molecule has 156 valence electrons. The molecule has 2 aromatic carbocycles. The standard InChI is InChI=1S/2C13H17N.CH4/c2*1-10-4-2-3-5-13(10)11-6-8-12(14)9-7-11;/h6-9H,2-5,14H2,1H3;5-10H,2-4,14H2,1H3;1H4. The molecule has 2 aliphatic rings. The van der Waals surface area contributed by atoms with Crippen molar-refractivity contribution in [1.29, 1.82) is 0 Å². The fraction of sp³-hybridized carbons (Fsp3) is 0.407. The fourth-order valence-corrected chi connectivity index (χ4v) is 4.25. The van der Waals surface area contributed by atoms with E-state index in [2.05, 4.69) is 44.2 Å². The molecule has 29 heavy (non-hydrogen) atoms. The molecule has 1 unspecified atom stereocenters. The number of rotatable bonds is 2. The van der Waals surface area contributed by atoms with Gasteiger partial charge < -0.3 is 11.5 Å². The zero-order valence-corrected chi connectivity index (χ0v) is 17.4. The third-order valence-corrected chi connectivity index (χ3v) is 5.98. The van der Waals surface area contributed by atoms with Gasteiger partial charge in [0.15, 0.2) is 0 Å². The predicted molar refractivity (Wildman–Crippen MR) is 130 cm³/mol. The van der Waals surface area contributed by atoms with Crippen molar-refractivity contribution in [2.24, 2.45) is 5.92 Å². The van der Waals surface area contributed by atoms with Crippen molar-refractivity contribution in [1.82, 2.24) is 0 Å². The van der Waals surface area contributed by atoms with Gasteiger partial charge in [-0.25, -0.2) is 0 Å². The van der Waals surface area contributed by atoms with Crippen molar-refractivity contribution in [3.8, 4) is 0 Å². The van der Waals surface area contributed by atoms with Crippen molar-refractivity contribution < 1.29 is 0 Å². The van der Waals surface area contributed by atoms with Crippen molar-refractivity contribution in [3.05, 3.63) is 71.3 Å². The van der Waals surface area contributed by atoms with Crippen LogP contribution in [0.5, 0.6) is 0 Å². The molecule has 0 saturated carbocycles. The molecule has 0 amide bonds.